The zero-order valence-electron chi connectivity index (χ0n) is 11.3. The number of anilines is 1. The molecule has 0 unspecified atom stereocenters. The highest BCUT2D eigenvalue weighted by molar-refractivity contribution is 5.64. The van der Waals surface area contributed by atoms with E-state index in [2.05, 4.69) is 33.5 Å². The summed E-state index contributed by atoms with van der Waals surface area (Å²) in [5, 5.41) is 11.3. The topological polar surface area (TPSA) is 61.6 Å². The molecule has 1 aliphatic rings. The molecule has 0 bridgehead atoms. The molecule has 0 radical (unpaired) electrons. The molecule has 0 aliphatic heterocycles. The van der Waals surface area contributed by atoms with E-state index in [0.717, 1.165) is 11.1 Å². The van der Waals surface area contributed by atoms with Crippen LogP contribution in [0.5, 0.6) is 0 Å². The molecule has 4 heteroatoms. The number of aryl methyl sites for hydroxylation is 2. The van der Waals surface area contributed by atoms with Crippen molar-refractivity contribution in [2.75, 3.05) is 11.9 Å². The quantitative estimate of drug-likeness (QED) is 0.866. The SMILES string of the molecule is N#CCNc1ncc(-c2ccc3c(c2)CCCC3)cn1. The number of benzene rings is 1. The third-order valence-corrected chi connectivity index (χ3v) is 3.66. The van der Waals surface area contributed by atoms with Crippen molar-refractivity contribution in [3.63, 3.8) is 0 Å². The van der Waals surface area contributed by atoms with Crippen LogP contribution in [0.15, 0.2) is 30.6 Å². The van der Waals surface area contributed by atoms with Gasteiger partial charge in [-0.25, -0.2) is 9.97 Å². The molecular formula is C16H16N4. The minimum Gasteiger partial charge on any atom is -0.341 e. The summed E-state index contributed by atoms with van der Waals surface area (Å²) in [5.41, 5.74) is 5.12. The number of hydrogen-bond acceptors (Lipinski definition) is 4. The maximum absolute atomic E-state index is 8.50. The number of hydrogen-bond donors (Lipinski definition) is 1. The molecule has 1 aromatic carbocycles. The van der Waals surface area contributed by atoms with E-state index in [1.165, 1.54) is 36.8 Å². The van der Waals surface area contributed by atoms with E-state index < -0.39 is 0 Å². The van der Waals surface area contributed by atoms with Crippen LogP contribution in [-0.4, -0.2) is 16.5 Å². The summed E-state index contributed by atoms with van der Waals surface area (Å²) in [6.45, 7) is 0.220. The molecule has 0 spiro atoms. The van der Waals surface area contributed by atoms with E-state index in [1.54, 1.807) is 12.4 Å². The Morgan fingerprint density at radius 3 is 2.55 bits per heavy atom. The van der Waals surface area contributed by atoms with Crippen LogP contribution in [0.4, 0.5) is 5.95 Å². The maximum Gasteiger partial charge on any atom is 0.223 e. The molecule has 0 atom stereocenters. The van der Waals surface area contributed by atoms with Crippen LogP contribution < -0.4 is 5.32 Å². The molecule has 1 N–H and O–H groups in total. The van der Waals surface area contributed by atoms with Gasteiger partial charge in [-0.1, -0.05) is 18.2 Å². The van der Waals surface area contributed by atoms with Gasteiger partial charge in [0.15, 0.2) is 0 Å². The third-order valence-electron chi connectivity index (χ3n) is 3.66. The summed E-state index contributed by atoms with van der Waals surface area (Å²) in [4.78, 5) is 8.46. The summed E-state index contributed by atoms with van der Waals surface area (Å²) < 4.78 is 0. The average Bonchev–Trinajstić information content (AvgIpc) is 2.53. The van der Waals surface area contributed by atoms with Crippen molar-refractivity contribution in [2.45, 2.75) is 25.7 Å². The number of nitriles is 1. The van der Waals surface area contributed by atoms with Gasteiger partial charge in [-0.05, 0) is 42.4 Å². The van der Waals surface area contributed by atoms with Gasteiger partial charge in [0, 0.05) is 18.0 Å². The van der Waals surface area contributed by atoms with Crippen molar-refractivity contribution in [2.24, 2.45) is 0 Å². The average molecular weight is 264 g/mol. The van der Waals surface area contributed by atoms with Crippen LogP contribution in [-0.2, 0) is 12.8 Å². The molecule has 1 heterocycles. The summed E-state index contributed by atoms with van der Waals surface area (Å²) >= 11 is 0. The van der Waals surface area contributed by atoms with E-state index in [1.807, 2.05) is 6.07 Å². The van der Waals surface area contributed by atoms with Gasteiger partial charge < -0.3 is 5.32 Å². The molecule has 0 amide bonds. The van der Waals surface area contributed by atoms with Crippen molar-refractivity contribution in [3.8, 4) is 17.2 Å². The van der Waals surface area contributed by atoms with Gasteiger partial charge in [0.05, 0.1) is 6.07 Å². The Morgan fingerprint density at radius 1 is 1.05 bits per heavy atom. The predicted molar refractivity (Wildman–Crippen MR) is 78.2 cm³/mol. The molecule has 0 saturated heterocycles. The smallest absolute Gasteiger partial charge is 0.223 e. The molecule has 3 rings (SSSR count). The Bertz CT molecular complexity index is 641. The molecule has 2 aromatic rings. The fourth-order valence-corrected chi connectivity index (χ4v) is 2.60. The van der Waals surface area contributed by atoms with Gasteiger partial charge >= 0.3 is 0 Å². The molecule has 0 saturated carbocycles. The number of fused-ring (bicyclic) bond motifs is 1. The van der Waals surface area contributed by atoms with Crippen molar-refractivity contribution in [1.29, 1.82) is 5.26 Å². The van der Waals surface area contributed by atoms with Crippen molar-refractivity contribution in [3.05, 3.63) is 41.7 Å². The van der Waals surface area contributed by atoms with Crippen LogP contribution in [0.3, 0.4) is 0 Å². The van der Waals surface area contributed by atoms with E-state index in [-0.39, 0.29) is 6.54 Å². The summed E-state index contributed by atoms with van der Waals surface area (Å²) in [7, 11) is 0. The van der Waals surface area contributed by atoms with Gasteiger partial charge in [-0.2, -0.15) is 5.26 Å². The van der Waals surface area contributed by atoms with Crippen molar-refractivity contribution in [1.82, 2.24) is 9.97 Å². The lowest BCUT2D eigenvalue weighted by Crippen LogP contribution is -2.03. The fraction of sp³-hybridized carbons (Fsp3) is 0.312. The Kier molecular flexibility index (Phi) is 3.60. The van der Waals surface area contributed by atoms with Gasteiger partial charge in [-0.3, -0.25) is 0 Å². The van der Waals surface area contributed by atoms with Gasteiger partial charge in [0.25, 0.3) is 0 Å². The zero-order valence-corrected chi connectivity index (χ0v) is 11.3. The van der Waals surface area contributed by atoms with Crippen LogP contribution in [0.2, 0.25) is 0 Å². The lowest BCUT2D eigenvalue weighted by Gasteiger charge is -2.16. The second-order valence-corrected chi connectivity index (χ2v) is 5.00. The normalized spacial score (nSPS) is 13.3. The molecule has 4 nitrogen and oxygen atoms in total. The third kappa shape index (κ3) is 2.62. The fourth-order valence-electron chi connectivity index (χ4n) is 2.60. The zero-order chi connectivity index (χ0) is 13.8. The van der Waals surface area contributed by atoms with Crippen LogP contribution in [0, 0.1) is 11.3 Å². The predicted octanol–water partition coefficient (Wildman–Crippen LogP) is 2.96. The maximum atomic E-state index is 8.50. The standard InChI is InChI=1S/C16H16N4/c17-7-8-18-16-19-10-15(11-20-16)14-6-5-12-3-1-2-4-13(12)9-14/h5-6,9-11H,1-4,8H2,(H,18,19,20). The molecule has 100 valence electrons. The van der Waals surface area contributed by atoms with E-state index >= 15 is 0 Å². The minimum atomic E-state index is 0.220. The molecule has 1 aliphatic carbocycles. The summed E-state index contributed by atoms with van der Waals surface area (Å²) in [6.07, 6.45) is 8.56. The Balaban J connectivity index is 1.84. The first-order chi connectivity index (χ1) is 9.86. The molecular weight excluding hydrogens is 248 g/mol. The summed E-state index contributed by atoms with van der Waals surface area (Å²) in [6, 6.07) is 8.64. The van der Waals surface area contributed by atoms with E-state index in [4.69, 9.17) is 5.26 Å². The highest BCUT2D eigenvalue weighted by Crippen LogP contribution is 2.26. The van der Waals surface area contributed by atoms with Crippen LogP contribution in [0.25, 0.3) is 11.1 Å². The van der Waals surface area contributed by atoms with Gasteiger partial charge in [0.2, 0.25) is 5.95 Å². The summed E-state index contributed by atoms with van der Waals surface area (Å²) in [5.74, 6) is 0.494. The molecule has 20 heavy (non-hydrogen) atoms. The largest absolute Gasteiger partial charge is 0.341 e. The van der Waals surface area contributed by atoms with E-state index in [9.17, 15) is 0 Å². The Labute approximate surface area is 118 Å². The van der Waals surface area contributed by atoms with Crippen LogP contribution in [0.1, 0.15) is 24.0 Å². The molecule has 1 aromatic heterocycles. The van der Waals surface area contributed by atoms with Gasteiger partial charge in [0.1, 0.15) is 6.54 Å². The lowest BCUT2D eigenvalue weighted by atomic mass is 9.89. The highest BCUT2D eigenvalue weighted by Gasteiger charge is 2.10. The first-order valence-corrected chi connectivity index (χ1v) is 6.92. The second kappa shape index (κ2) is 5.70. The highest BCUT2D eigenvalue weighted by atomic mass is 15.1. The Hall–Kier alpha value is -2.41. The second-order valence-electron chi connectivity index (χ2n) is 5.00. The van der Waals surface area contributed by atoms with Crippen molar-refractivity contribution >= 4 is 5.95 Å². The number of nitrogens with one attached hydrogen (secondary N) is 1. The number of aromatic nitrogens is 2. The first kappa shape index (κ1) is 12.6. The molecule has 0 fully saturated rings. The van der Waals surface area contributed by atoms with E-state index in [0.29, 0.717) is 5.95 Å². The minimum absolute atomic E-state index is 0.220. The first-order valence-electron chi connectivity index (χ1n) is 6.92. The Morgan fingerprint density at radius 2 is 1.80 bits per heavy atom. The lowest BCUT2D eigenvalue weighted by molar-refractivity contribution is 0.686. The van der Waals surface area contributed by atoms with Crippen molar-refractivity contribution < 1.29 is 0 Å². The van der Waals surface area contributed by atoms with Crippen LogP contribution >= 0.6 is 0 Å². The van der Waals surface area contributed by atoms with Gasteiger partial charge in [-0.15, -0.1) is 0 Å². The number of nitrogens with zero attached hydrogens (tertiary/aromatic N) is 3. The number of rotatable bonds is 3. The monoisotopic (exact) mass is 264 g/mol.